The summed E-state index contributed by atoms with van der Waals surface area (Å²) in [7, 11) is 0. The van der Waals surface area contributed by atoms with Crippen LogP contribution < -0.4 is 9.47 Å². The van der Waals surface area contributed by atoms with Crippen LogP contribution in [0.25, 0.3) is 16.8 Å². The summed E-state index contributed by atoms with van der Waals surface area (Å²) in [5.74, 6) is 0.0646. The molecule has 1 aliphatic heterocycles. The summed E-state index contributed by atoms with van der Waals surface area (Å²) in [5.41, 5.74) is 0.618. The van der Waals surface area contributed by atoms with E-state index in [1.807, 2.05) is 42.5 Å². The Balaban J connectivity index is 1.24. The summed E-state index contributed by atoms with van der Waals surface area (Å²) in [6, 6.07) is 23.4. The molecule has 2 heterocycles. The van der Waals surface area contributed by atoms with Crippen LogP contribution in [-0.2, 0) is 4.79 Å². The number of esters is 1. The van der Waals surface area contributed by atoms with E-state index in [1.165, 1.54) is 17.2 Å². The van der Waals surface area contributed by atoms with Crippen LogP contribution in [0.3, 0.4) is 0 Å². The molecule has 0 N–H and O–H groups in total. The van der Waals surface area contributed by atoms with Crippen LogP contribution in [0.4, 0.5) is 4.79 Å². The molecule has 8 heteroatoms. The first kappa shape index (κ1) is 22.5. The Labute approximate surface area is 204 Å². The predicted octanol–water partition coefficient (Wildman–Crippen LogP) is 5.77. The minimum absolute atomic E-state index is 0.0854. The van der Waals surface area contributed by atoms with Gasteiger partial charge in [0.1, 0.15) is 18.1 Å². The maximum atomic E-state index is 12.9. The van der Waals surface area contributed by atoms with E-state index < -0.39 is 5.97 Å². The minimum atomic E-state index is -0.626. The third-order valence-corrected chi connectivity index (χ3v) is 6.19. The smallest absolute Gasteiger partial charge is 0.379 e. The molecule has 0 unspecified atom stereocenters. The van der Waals surface area contributed by atoms with Gasteiger partial charge in [0.15, 0.2) is 0 Å². The molecule has 0 aliphatic carbocycles. The lowest BCUT2D eigenvalue weighted by Gasteiger charge is -2.14. The number of benzene rings is 3. The Morgan fingerprint density at radius 3 is 2.66 bits per heavy atom. The van der Waals surface area contributed by atoms with E-state index in [-0.39, 0.29) is 35.0 Å². The maximum Gasteiger partial charge on any atom is 0.379 e. The van der Waals surface area contributed by atoms with E-state index in [2.05, 4.69) is 0 Å². The van der Waals surface area contributed by atoms with E-state index in [0.717, 1.165) is 22.5 Å². The molecule has 0 atom stereocenters. The van der Waals surface area contributed by atoms with Crippen LogP contribution in [0.5, 0.6) is 11.5 Å². The van der Waals surface area contributed by atoms with Crippen molar-refractivity contribution in [2.45, 2.75) is 0 Å². The molecule has 1 fully saturated rings. The highest BCUT2D eigenvalue weighted by Crippen LogP contribution is 2.33. The number of imide groups is 1. The first-order valence-electron chi connectivity index (χ1n) is 10.8. The zero-order chi connectivity index (χ0) is 24.2. The van der Waals surface area contributed by atoms with Gasteiger partial charge in [0.05, 0.1) is 17.7 Å². The summed E-state index contributed by atoms with van der Waals surface area (Å²) in [4.78, 5) is 38.9. The molecular weight excluding hydrogens is 466 g/mol. The Bertz CT molecular complexity index is 1440. The van der Waals surface area contributed by atoms with Crippen LogP contribution in [0.2, 0.25) is 0 Å². The Morgan fingerprint density at radius 2 is 1.80 bits per heavy atom. The SMILES string of the molecule is O=C(Oc1cccc(/C=C2\SC(=O)N(CCOc3cccc4ccccc34)C2=O)c1)c1ccco1. The highest BCUT2D eigenvalue weighted by molar-refractivity contribution is 8.18. The monoisotopic (exact) mass is 485 g/mol. The summed E-state index contributed by atoms with van der Waals surface area (Å²) in [6.45, 7) is 0.309. The summed E-state index contributed by atoms with van der Waals surface area (Å²) in [6.07, 6.45) is 2.98. The normalized spacial score (nSPS) is 14.6. The van der Waals surface area contributed by atoms with Crippen LogP contribution in [0, 0.1) is 0 Å². The second-order valence-corrected chi connectivity index (χ2v) is 8.59. The molecule has 1 aromatic heterocycles. The van der Waals surface area contributed by atoms with Gasteiger partial charge in [-0.3, -0.25) is 14.5 Å². The summed E-state index contributed by atoms with van der Waals surface area (Å²) < 4.78 is 16.2. The number of ether oxygens (including phenoxy) is 2. The van der Waals surface area contributed by atoms with Crippen molar-refractivity contribution in [3.05, 3.63) is 101 Å². The van der Waals surface area contributed by atoms with Crippen LogP contribution >= 0.6 is 11.8 Å². The lowest BCUT2D eigenvalue weighted by molar-refractivity contribution is -0.123. The molecule has 7 nitrogen and oxygen atoms in total. The molecular formula is C27H19NO6S. The fourth-order valence-corrected chi connectivity index (χ4v) is 4.50. The molecule has 3 aromatic carbocycles. The number of nitrogens with zero attached hydrogens (tertiary/aromatic N) is 1. The third-order valence-electron chi connectivity index (χ3n) is 5.28. The molecule has 0 spiro atoms. The Morgan fingerprint density at radius 1 is 0.971 bits per heavy atom. The molecule has 5 rings (SSSR count). The highest BCUT2D eigenvalue weighted by atomic mass is 32.2. The largest absolute Gasteiger partial charge is 0.491 e. The van der Waals surface area contributed by atoms with Crippen molar-refractivity contribution in [3.63, 3.8) is 0 Å². The summed E-state index contributed by atoms with van der Waals surface area (Å²) in [5, 5.41) is 1.66. The van der Waals surface area contributed by atoms with Crippen LogP contribution in [-0.4, -0.2) is 35.2 Å². The van der Waals surface area contributed by atoms with Crippen molar-refractivity contribution in [1.29, 1.82) is 0 Å². The van der Waals surface area contributed by atoms with Crippen molar-refractivity contribution < 1.29 is 28.3 Å². The average molecular weight is 486 g/mol. The van der Waals surface area contributed by atoms with Crippen LogP contribution in [0.15, 0.2) is 94.4 Å². The predicted molar refractivity (Wildman–Crippen MR) is 132 cm³/mol. The van der Waals surface area contributed by atoms with Gasteiger partial charge in [0, 0.05) is 5.39 Å². The fourth-order valence-electron chi connectivity index (χ4n) is 3.63. The number of rotatable bonds is 7. The van der Waals surface area contributed by atoms with Crippen molar-refractivity contribution in [2.24, 2.45) is 0 Å². The number of hydrogen-bond donors (Lipinski definition) is 0. The first-order valence-corrected chi connectivity index (χ1v) is 11.6. The number of carbonyl (C=O) groups is 3. The second-order valence-electron chi connectivity index (χ2n) is 7.60. The molecule has 0 saturated carbocycles. The third kappa shape index (κ3) is 4.97. The Hall–Kier alpha value is -4.30. The summed E-state index contributed by atoms with van der Waals surface area (Å²) >= 11 is 0.863. The second kappa shape index (κ2) is 9.90. The standard InChI is InChI=1S/C27H19NO6S/c29-25-24(17-18-6-3-9-20(16-18)34-26(30)23-12-5-14-32-23)35-27(31)28(25)13-15-33-22-11-4-8-19-7-1-2-10-21(19)22/h1-12,14,16-17H,13,15H2/b24-17-. The van der Waals surface area contributed by atoms with Gasteiger partial charge in [-0.1, -0.05) is 48.5 Å². The molecule has 1 aliphatic rings. The van der Waals surface area contributed by atoms with Crippen molar-refractivity contribution in [1.82, 2.24) is 4.90 Å². The zero-order valence-corrected chi connectivity index (χ0v) is 19.2. The number of amides is 2. The number of thioether (sulfide) groups is 1. The van der Waals surface area contributed by atoms with Gasteiger partial charge in [-0.15, -0.1) is 0 Å². The first-order chi connectivity index (χ1) is 17.1. The van der Waals surface area contributed by atoms with Gasteiger partial charge in [0.25, 0.3) is 11.1 Å². The molecule has 4 aromatic rings. The lowest BCUT2D eigenvalue weighted by Crippen LogP contribution is -2.32. The van der Waals surface area contributed by atoms with Crippen molar-refractivity contribution in [2.75, 3.05) is 13.2 Å². The van der Waals surface area contributed by atoms with Gasteiger partial charge in [0.2, 0.25) is 5.76 Å². The maximum absolute atomic E-state index is 12.9. The molecule has 0 bridgehead atoms. The van der Waals surface area contributed by atoms with E-state index in [4.69, 9.17) is 13.9 Å². The average Bonchev–Trinajstić information content (AvgIpc) is 3.49. The van der Waals surface area contributed by atoms with Gasteiger partial charge in [-0.05, 0) is 59.1 Å². The van der Waals surface area contributed by atoms with Gasteiger partial charge >= 0.3 is 5.97 Å². The highest BCUT2D eigenvalue weighted by Gasteiger charge is 2.34. The number of carbonyl (C=O) groups excluding carboxylic acids is 3. The molecule has 35 heavy (non-hydrogen) atoms. The topological polar surface area (TPSA) is 86.0 Å². The molecule has 2 amide bonds. The molecule has 174 valence electrons. The number of fused-ring (bicyclic) bond motifs is 1. The fraction of sp³-hybridized carbons (Fsp3) is 0.0741. The van der Waals surface area contributed by atoms with E-state index in [0.29, 0.717) is 17.1 Å². The quantitative estimate of drug-likeness (QED) is 0.187. The van der Waals surface area contributed by atoms with E-state index in [9.17, 15) is 14.4 Å². The van der Waals surface area contributed by atoms with Crippen molar-refractivity contribution in [3.8, 4) is 11.5 Å². The van der Waals surface area contributed by atoms with Gasteiger partial charge in [-0.2, -0.15) is 0 Å². The zero-order valence-electron chi connectivity index (χ0n) is 18.4. The lowest BCUT2D eigenvalue weighted by atomic mass is 10.1. The van der Waals surface area contributed by atoms with Crippen molar-refractivity contribution >= 4 is 45.7 Å². The van der Waals surface area contributed by atoms with E-state index >= 15 is 0 Å². The number of hydrogen-bond acceptors (Lipinski definition) is 7. The van der Waals surface area contributed by atoms with Crippen LogP contribution in [0.1, 0.15) is 16.1 Å². The molecule has 1 saturated heterocycles. The van der Waals surface area contributed by atoms with Gasteiger partial charge < -0.3 is 13.9 Å². The van der Waals surface area contributed by atoms with E-state index in [1.54, 1.807) is 36.4 Å². The number of furan rings is 1. The van der Waals surface area contributed by atoms with Gasteiger partial charge in [-0.25, -0.2) is 4.79 Å². The minimum Gasteiger partial charge on any atom is -0.491 e. The molecule has 0 radical (unpaired) electrons. The Kier molecular flexibility index (Phi) is 6.36.